The molecule has 1 N–H and O–H groups in total. The standard InChI is InChI=1S/C22H24N4O5/c1-2-31-20(28)10-12-25(15-16-6-5-11-23-14-16)19(27)9-13-26-22(30)18-8-4-3-7-17(18)21(29)24-26/h3-8,11,14H,2,9-10,12-13,15H2,1H3,(H,24,29). The number of carbonyl (C=O) groups excluding carboxylic acids is 2. The first-order valence-corrected chi connectivity index (χ1v) is 10.0. The second-order valence-corrected chi connectivity index (χ2v) is 6.92. The molecule has 0 aliphatic heterocycles. The number of aromatic nitrogens is 3. The highest BCUT2D eigenvalue weighted by atomic mass is 16.5. The topological polar surface area (TPSA) is 114 Å². The van der Waals surface area contributed by atoms with Crippen molar-refractivity contribution in [1.29, 1.82) is 0 Å². The van der Waals surface area contributed by atoms with Crippen molar-refractivity contribution >= 4 is 22.6 Å². The summed E-state index contributed by atoms with van der Waals surface area (Å²) in [5, 5.41) is 3.13. The van der Waals surface area contributed by atoms with E-state index in [0.717, 1.165) is 10.2 Å². The normalized spacial score (nSPS) is 10.7. The minimum atomic E-state index is -0.392. The van der Waals surface area contributed by atoms with E-state index in [1.807, 2.05) is 6.07 Å². The molecule has 0 fully saturated rings. The number of amides is 1. The van der Waals surface area contributed by atoms with Crippen LogP contribution in [0.3, 0.4) is 0 Å². The van der Waals surface area contributed by atoms with Gasteiger partial charge in [-0.2, -0.15) is 0 Å². The number of aromatic amines is 1. The Bertz CT molecular complexity index is 1170. The number of hydrogen-bond acceptors (Lipinski definition) is 6. The third-order valence-corrected chi connectivity index (χ3v) is 4.77. The molecule has 31 heavy (non-hydrogen) atoms. The first-order chi connectivity index (χ1) is 15.0. The number of pyridine rings is 1. The van der Waals surface area contributed by atoms with Crippen molar-refractivity contribution in [2.45, 2.75) is 32.9 Å². The van der Waals surface area contributed by atoms with Crippen LogP contribution >= 0.6 is 0 Å². The average Bonchev–Trinajstić information content (AvgIpc) is 2.78. The van der Waals surface area contributed by atoms with E-state index in [0.29, 0.717) is 10.8 Å². The molecule has 0 radical (unpaired) electrons. The molecule has 0 atom stereocenters. The van der Waals surface area contributed by atoms with E-state index >= 15 is 0 Å². The number of rotatable bonds is 9. The molecule has 0 bridgehead atoms. The van der Waals surface area contributed by atoms with Crippen molar-refractivity contribution in [2.24, 2.45) is 0 Å². The van der Waals surface area contributed by atoms with Gasteiger partial charge in [0.25, 0.3) is 11.1 Å². The van der Waals surface area contributed by atoms with Crippen LogP contribution in [0.25, 0.3) is 10.8 Å². The lowest BCUT2D eigenvalue weighted by molar-refractivity contribution is -0.144. The Hall–Kier alpha value is -3.75. The fourth-order valence-electron chi connectivity index (χ4n) is 3.23. The largest absolute Gasteiger partial charge is 0.466 e. The van der Waals surface area contributed by atoms with Gasteiger partial charge in [0, 0.05) is 31.9 Å². The molecule has 3 rings (SSSR count). The van der Waals surface area contributed by atoms with Crippen molar-refractivity contribution in [2.75, 3.05) is 13.2 Å². The van der Waals surface area contributed by atoms with E-state index < -0.39 is 5.56 Å². The van der Waals surface area contributed by atoms with Crippen molar-refractivity contribution in [3.8, 4) is 0 Å². The highest BCUT2D eigenvalue weighted by Crippen LogP contribution is 2.08. The van der Waals surface area contributed by atoms with Crippen molar-refractivity contribution in [1.82, 2.24) is 19.7 Å². The van der Waals surface area contributed by atoms with Crippen LogP contribution in [-0.4, -0.2) is 44.7 Å². The fraction of sp³-hybridized carbons (Fsp3) is 0.318. The summed E-state index contributed by atoms with van der Waals surface area (Å²) in [6, 6.07) is 10.1. The molecule has 1 amide bonds. The summed E-state index contributed by atoms with van der Waals surface area (Å²) >= 11 is 0. The number of nitrogens with zero attached hydrogens (tertiary/aromatic N) is 3. The Morgan fingerprint density at radius 2 is 1.87 bits per heavy atom. The molecule has 2 heterocycles. The number of carbonyl (C=O) groups is 2. The van der Waals surface area contributed by atoms with E-state index in [9.17, 15) is 19.2 Å². The quantitative estimate of drug-likeness (QED) is 0.520. The lowest BCUT2D eigenvalue weighted by atomic mass is 10.2. The van der Waals surface area contributed by atoms with Crippen LogP contribution in [0.5, 0.6) is 0 Å². The molecule has 0 aliphatic carbocycles. The average molecular weight is 424 g/mol. The summed E-state index contributed by atoms with van der Waals surface area (Å²) in [6.45, 7) is 2.46. The summed E-state index contributed by atoms with van der Waals surface area (Å²) in [7, 11) is 0. The molecule has 3 aromatic rings. The number of aryl methyl sites for hydroxylation is 1. The van der Waals surface area contributed by atoms with Crippen molar-refractivity contribution in [3.63, 3.8) is 0 Å². The fourth-order valence-corrected chi connectivity index (χ4v) is 3.23. The second kappa shape index (κ2) is 10.3. The van der Waals surface area contributed by atoms with Gasteiger partial charge in [-0.25, -0.2) is 4.68 Å². The van der Waals surface area contributed by atoms with Crippen LogP contribution in [0.15, 0.2) is 58.4 Å². The summed E-state index contributed by atoms with van der Waals surface area (Å²) in [6.07, 6.45) is 3.33. The van der Waals surface area contributed by atoms with Gasteiger partial charge < -0.3 is 9.64 Å². The van der Waals surface area contributed by atoms with E-state index in [-0.39, 0.29) is 56.5 Å². The molecule has 0 aliphatic rings. The van der Waals surface area contributed by atoms with Crippen LogP contribution in [0.2, 0.25) is 0 Å². The molecular formula is C22H24N4O5. The molecule has 0 saturated heterocycles. The maximum absolute atomic E-state index is 12.9. The molecule has 0 spiro atoms. The Morgan fingerprint density at radius 1 is 1.10 bits per heavy atom. The van der Waals surface area contributed by atoms with Crippen molar-refractivity contribution < 1.29 is 14.3 Å². The summed E-state index contributed by atoms with van der Waals surface area (Å²) in [5.74, 6) is -0.643. The summed E-state index contributed by atoms with van der Waals surface area (Å²) < 4.78 is 6.10. The number of hydrogen-bond donors (Lipinski definition) is 1. The van der Waals surface area contributed by atoms with Gasteiger partial charge in [-0.1, -0.05) is 18.2 Å². The van der Waals surface area contributed by atoms with Gasteiger partial charge in [-0.15, -0.1) is 0 Å². The van der Waals surface area contributed by atoms with E-state index in [4.69, 9.17) is 4.74 Å². The maximum atomic E-state index is 12.9. The maximum Gasteiger partial charge on any atom is 0.307 e. The van der Waals surface area contributed by atoms with Crippen LogP contribution in [0, 0.1) is 0 Å². The third-order valence-electron chi connectivity index (χ3n) is 4.77. The van der Waals surface area contributed by atoms with Crippen LogP contribution in [0.4, 0.5) is 0 Å². The predicted molar refractivity (Wildman–Crippen MR) is 114 cm³/mol. The number of nitrogens with one attached hydrogen (secondary N) is 1. The zero-order valence-electron chi connectivity index (χ0n) is 17.2. The van der Waals surface area contributed by atoms with Gasteiger partial charge in [0.15, 0.2) is 0 Å². The Morgan fingerprint density at radius 3 is 2.58 bits per heavy atom. The van der Waals surface area contributed by atoms with Crippen LogP contribution in [0.1, 0.15) is 25.3 Å². The van der Waals surface area contributed by atoms with Gasteiger partial charge in [-0.3, -0.25) is 29.3 Å². The molecule has 2 aromatic heterocycles. The third kappa shape index (κ3) is 5.65. The van der Waals surface area contributed by atoms with Gasteiger partial charge >= 0.3 is 5.97 Å². The van der Waals surface area contributed by atoms with Crippen LogP contribution < -0.4 is 11.1 Å². The van der Waals surface area contributed by atoms with E-state index in [1.54, 1.807) is 49.6 Å². The number of H-pyrrole nitrogens is 1. The minimum absolute atomic E-state index is 0.0146. The van der Waals surface area contributed by atoms with Gasteiger partial charge in [0.05, 0.1) is 30.3 Å². The second-order valence-electron chi connectivity index (χ2n) is 6.92. The zero-order valence-corrected chi connectivity index (χ0v) is 17.2. The monoisotopic (exact) mass is 424 g/mol. The predicted octanol–water partition coefficient (Wildman–Crippen LogP) is 1.46. The Kier molecular flexibility index (Phi) is 7.31. The SMILES string of the molecule is CCOC(=O)CCN(Cc1cccnc1)C(=O)CCn1[nH]c(=O)c2ccccc2c1=O. The molecule has 162 valence electrons. The first-order valence-electron chi connectivity index (χ1n) is 10.0. The summed E-state index contributed by atoms with van der Waals surface area (Å²) in [4.78, 5) is 55.1. The lowest BCUT2D eigenvalue weighted by Crippen LogP contribution is -2.35. The number of fused-ring (bicyclic) bond motifs is 1. The summed E-state index contributed by atoms with van der Waals surface area (Å²) in [5.41, 5.74) is 0.0569. The number of ether oxygens (including phenoxy) is 1. The molecule has 9 nitrogen and oxygen atoms in total. The molecule has 0 saturated carbocycles. The lowest BCUT2D eigenvalue weighted by Gasteiger charge is -2.22. The van der Waals surface area contributed by atoms with Gasteiger partial charge in [-0.05, 0) is 30.7 Å². The van der Waals surface area contributed by atoms with Crippen LogP contribution in [-0.2, 0) is 27.4 Å². The Labute approximate surface area is 178 Å². The molecule has 1 aromatic carbocycles. The Balaban J connectivity index is 1.74. The molecular weight excluding hydrogens is 400 g/mol. The highest BCUT2D eigenvalue weighted by molar-refractivity contribution is 5.80. The molecule has 0 unspecified atom stereocenters. The van der Waals surface area contributed by atoms with Gasteiger partial charge in [0.2, 0.25) is 5.91 Å². The number of esters is 1. The highest BCUT2D eigenvalue weighted by Gasteiger charge is 2.17. The van der Waals surface area contributed by atoms with Gasteiger partial charge in [0.1, 0.15) is 0 Å². The first kappa shape index (κ1) is 21.9. The minimum Gasteiger partial charge on any atom is -0.466 e. The van der Waals surface area contributed by atoms with Crippen molar-refractivity contribution in [3.05, 3.63) is 75.1 Å². The number of benzene rings is 1. The zero-order chi connectivity index (χ0) is 22.2. The smallest absolute Gasteiger partial charge is 0.307 e. The molecule has 9 heteroatoms. The van der Waals surface area contributed by atoms with E-state index in [1.165, 1.54) is 4.90 Å². The van der Waals surface area contributed by atoms with E-state index in [2.05, 4.69) is 10.1 Å².